The molecule has 6 nitrogen and oxygen atoms in total. The third kappa shape index (κ3) is 3.63. The van der Waals surface area contributed by atoms with Crippen LogP contribution in [-0.4, -0.2) is 88.0 Å². The molecule has 1 aromatic rings. The molecule has 1 N–H and O–H groups in total. The van der Waals surface area contributed by atoms with E-state index in [-0.39, 0.29) is 6.10 Å². The van der Waals surface area contributed by atoms with Crippen molar-refractivity contribution in [3.05, 3.63) is 18.0 Å². The molecule has 1 aromatic heterocycles. The van der Waals surface area contributed by atoms with Gasteiger partial charge in [0.15, 0.2) is 0 Å². The zero-order valence-corrected chi connectivity index (χ0v) is 15.7. The van der Waals surface area contributed by atoms with Crippen LogP contribution >= 0.6 is 0 Å². The summed E-state index contributed by atoms with van der Waals surface area (Å²) in [4.78, 5) is 7.52. The molecule has 6 heteroatoms. The van der Waals surface area contributed by atoms with Crippen LogP contribution in [0.25, 0.3) is 0 Å². The Labute approximate surface area is 151 Å². The minimum atomic E-state index is -0.147. The first-order chi connectivity index (χ1) is 12.1. The predicted molar refractivity (Wildman–Crippen MR) is 98.3 cm³/mol. The van der Waals surface area contributed by atoms with Crippen molar-refractivity contribution in [2.45, 2.75) is 45.0 Å². The van der Waals surface area contributed by atoms with Gasteiger partial charge in [0.05, 0.1) is 11.8 Å². The fraction of sp³-hybridized carbons (Fsp3) is 0.842. The molecule has 3 heterocycles. The van der Waals surface area contributed by atoms with Gasteiger partial charge in [-0.3, -0.25) is 14.5 Å². The van der Waals surface area contributed by atoms with E-state index in [4.69, 9.17) is 0 Å². The molecule has 2 saturated heterocycles. The van der Waals surface area contributed by atoms with Gasteiger partial charge in [0, 0.05) is 64.6 Å². The Balaban J connectivity index is 1.36. The summed E-state index contributed by atoms with van der Waals surface area (Å²) < 4.78 is 2.10. The summed E-state index contributed by atoms with van der Waals surface area (Å²) in [6.45, 7) is 10.9. The number of likely N-dealkylation sites (N-methyl/N-ethyl adjacent to an activating group) is 1. The first-order valence-corrected chi connectivity index (χ1v) is 9.97. The third-order valence-electron chi connectivity index (χ3n) is 6.68. The number of likely N-dealkylation sites (tertiary alicyclic amines) is 1. The lowest BCUT2D eigenvalue weighted by atomic mass is 9.77. The average molecular weight is 348 g/mol. The minimum Gasteiger partial charge on any atom is -0.391 e. The van der Waals surface area contributed by atoms with Crippen molar-refractivity contribution in [3.8, 4) is 0 Å². The molecule has 0 bridgehead atoms. The first-order valence-electron chi connectivity index (χ1n) is 9.97. The number of hydrogen-bond acceptors (Lipinski definition) is 5. The Morgan fingerprint density at radius 1 is 1.12 bits per heavy atom. The Morgan fingerprint density at radius 3 is 2.56 bits per heavy atom. The van der Waals surface area contributed by atoms with E-state index in [0.29, 0.717) is 12.0 Å². The van der Waals surface area contributed by atoms with Crippen LogP contribution in [-0.2, 0) is 13.1 Å². The highest BCUT2D eigenvalue weighted by atomic mass is 16.3. The SMILES string of the molecule is CCn1nccc1CN1C[C@H]2C[C@@H](N3CCN(C)CC3)[C@H](O)C[C@H]2C1. The summed E-state index contributed by atoms with van der Waals surface area (Å²) in [5.41, 5.74) is 1.32. The molecule has 0 amide bonds. The van der Waals surface area contributed by atoms with E-state index in [1.165, 1.54) is 18.7 Å². The Kier molecular flexibility index (Phi) is 5.13. The summed E-state index contributed by atoms with van der Waals surface area (Å²) in [5.74, 6) is 1.41. The van der Waals surface area contributed by atoms with E-state index in [0.717, 1.165) is 58.2 Å². The highest BCUT2D eigenvalue weighted by Gasteiger charge is 2.43. The number of piperazine rings is 1. The van der Waals surface area contributed by atoms with Gasteiger partial charge in [-0.05, 0) is 44.7 Å². The van der Waals surface area contributed by atoms with Crippen LogP contribution in [0.1, 0.15) is 25.5 Å². The van der Waals surface area contributed by atoms with Crippen LogP contribution in [0.5, 0.6) is 0 Å². The monoisotopic (exact) mass is 347 g/mol. The minimum absolute atomic E-state index is 0.147. The molecule has 1 aliphatic carbocycles. The normalized spacial score (nSPS) is 35.2. The molecule has 0 aromatic carbocycles. The Hall–Kier alpha value is -0.950. The summed E-state index contributed by atoms with van der Waals surface area (Å²) in [5, 5.41) is 15.2. The molecule has 2 aliphatic heterocycles. The predicted octanol–water partition coefficient (Wildman–Crippen LogP) is 0.722. The fourth-order valence-corrected chi connectivity index (χ4v) is 5.19. The summed E-state index contributed by atoms with van der Waals surface area (Å²) >= 11 is 0. The standard InChI is InChI=1S/C19H33N5O/c1-3-24-17(4-5-20-24)14-22-12-15-10-18(19(25)11-16(15)13-22)23-8-6-21(2)7-9-23/h4-5,15-16,18-19,25H,3,6-14H2,1-2H3/t15-,16+,18-,19-/m1/s1. The maximum absolute atomic E-state index is 10.8. The van der Waals surface area contributed by atoms with Gasteiger partial charge in [-0.1, -0.05) is 0 Å². The van der Waals surface area contributed by atoms with Crippen LogP contribution in [0.15, 0.2) is 12.3 Å². The molecule has 3 fully saturated rings. The van der Waals surface area contributed by atoms with Gasteiger partial charge < -0.3 is 10.0 Å². The number of aliphatic hydroxyl groups is 1. The van der Waals surface area contributed by atoms with Crippen molar-refractivity contribution >= 4 is 0 Å². The van der Waals surface area contributed by atoms with Gasteiger partial charge in [0.2, 0.25) is 0 Å². The number of rotatable bonds is 4. The second-order valence-electron chi connectivity index (χ2n) is 8.30. The average Bonchev–Trinajstić information content (AvgIpc) is 3.21. The largest absolute Gasteiger partial charge is 0.391 e. The Morgan fingerprint density at radius 2 is 1.84 bits per heavy atom. The topological polar surface area (TPSA) is 47.8 Å². The van der Waals surface area contributed by atoms with Crippen molar-refractivity contribution in [3.63, 3.8) is 0 Å². The smallest absolute Gasteiger partial charge is 0.0698 e. The van der Waals surface area contributed by atoms with E-state index in [9.17, 15) is 5.11 Å². The van der Waals surface area contributed by atoms with Crippen LogP contribution in [0.3, 0.4) is 0 Å². The van der Waals surface area contributed by atoms with Gasteiger partial charge in [-0.15, -0.1) is 0 Å². The van der Waals surface area contributed by atoms with E-state index < -0.39 is 0 Å². The zero-order chi connectivity index (χ0) is 17.4. The van der Waals surface area contributed by atoms with Gasteiger partial charge in [0.1, 0.15) is 0 Å². The quantitative estimate of drug-likeness (QED) is 0.870. The lowest BCUT2D eigenvalue weighted by Gasteiger charge is -2.44. The second-order valence-corrected chi connectivity index (χ2v) is 8.30. The number of hydrogen-bond donors (Lipinski definition) is 1. The molecular weight excluding hydrogens is 314 g/mol. The van der Waals surface area contributed by atoms with Crippen LogP contribution in [0.2, 0.25) is 0 Å². The van der Waals surface area contributed by atoms with Gasteiger partial charge in [0.25, 0.3) is 0 Å². The van der Waals surface area contributed by atoms with Gasteiger partial charge in [-0.25, -0.2) is 0 Å². The molecule has 1 saturated carbocycles. The van der Waals surface area contributed by atoms with Crippen LogP contribution < -0.4 is 0 Å². The third-order valence-corrected chi connectivity index (χ3v) is 6.68. The maximum Gasteiger partial charge on any atom is 0.0698 e. The molecule has 0 spiro atoms. The fourth-order valence-electron chi connectivity index (χ4n) is 5.19. The van der Waals surface area contributed by atoms with Crippen molar-refractivity contribution in [1.29, 1.82) is 0 Å². The highest BCUT2D eigenvalue weighted by molar-refractivity contribution is 5.03. The molecular formula is C19H33N5O. The molecule has 4 atom stereocenters. The van der Waals surface area contributed by atoms with E-state index in [1.807, 2.05) is 6.20 Å². The molecule has 4 rings (SSSR count). The summed E-state index contributed by atoms with van der Waals surface area (Å²) in [6.07, 6.45) is 3.91. The molecule has 3 aliphatic rings. The van der Waals surface area contributed by atoms with Crippen LogP contribution in [0.4, 0.5) is 0 Å². The molecule has 0 unspecified atom stereocenters. The number of aliphatic hydroxyl groups excluding tert-OH is 1. The summed E-state index contributed by atoms with van der Waals surface area (Å²) in [6, 6.07) is 2.52. The maximum atomic E-state index is 10.8. The lowest BCUT2D eigenvalue weighted by molar-refractivity contribution is -0.0249. The molecule has 0 radical (unpaired) electrons. The molecule has 140 valence electrons. The first kappa shape index (κ1) is 17.5. The van der Waals surface area contributed by atoms with Crippen molar-refractivity contribution in [1.82, 2.24) is 24.5 Å². The summed E-state index contributed by atoms with van der Waals surface area (Å²) in [7, 11) is 2.19. The number of aryl methyl sites for hydroxylation is 1. The van der Waals surface area contributed by atoms with E-state index in [1.54, 1.807) is 0 Å². The van der Waals surface area contributed by atoms with Gasteiger partial charge in [-0.2, -0.15) is 5.10 Å². The number of fused-ring (bicyclic) bond motifs is 1. The lowest BCUT2D eigenvalue weighted by Crippen LogP contribution is -2.55. The van der Waals surface area contributed by atoms with E-state index in [2.05, 4.69) is 44.5 Å². The number of nitrogens with zero attached hydrogens (tertiary/aromatic N) is 5. The Bertz CT molecular complexity index is 568. The van der Waals surface area contributed by atoms with Crippen molar-refractivity contribution in [2.24, 2.45) is 11.8 Å². The van der Waals surface area contributed by atoms with Gasteiger partial charge >= 0.3 is 0 Å². The second kappa shape index (κ2) is 7.35. The van der Waals surface area contributed by atoms with E-state index >= 15 is 0 Å². The van der Waals surface area contributed by atoms with Crippen molar-refractivity contribution in [2.75, 3.05) is 46.3 Å². The zero-order valence-electron chi connectivity index (χ0n) is 15.7. The number of aromatic nitrogens is 2. The highest BCUT2D eigenvalue weighted by Crippen LogP contribution is 2.38. The molecule has 25 heavy (non-hydrogen) atoms. The van der Waals surface area contributed by atoms with Crippen LogP contribution in [0, 0.1) is 11.8 Å². The van der Waals surface area contributed by atoms with Crippen molar-refractivity contribution < 1.29 is 5.11 Å².